The molecule has 0 aromatic rings. The minimum atomic E-state index is 0.745. The van der Waals surface area contributed by atoms with E-state index in [1.807, 2.05) is 0 Å². The zero-order valence-corrected chi connectivity index (χ0v) is 18.3. The lowest BCUT2D eigenvalue weighted by Crippen LogP contribution is -2.23. The van der Waals surface area contributed by atoms with Crippen LogP contribution >= 0.6 is 11.8 Å². The average Bonchev–Trinajstić information content (AvgIpc) is 2.94. The third-order valence-corrected chi connectivity index (χ3v) is 5.41. The van der Waals surface area contributed by atoms with Gasteiger partial charge in [0.1, 0.15) is 0 Å². The monoisotopic (exact) mass is 397 g/mol. The highest BCUT2D eigenvalue weighted by Gasteiger charge is 2.05. The molecule has 0 saturated heterocycles. The number of hydrogen-bond acceptors (Lipinski definition) is 4. The molecule has 0 atom stereocenters. The largest absolute Gasteiger partial charge is 0.311 e. The van der Waals surface area contributed by atoms with Crippen molar-refractivity contribution in [1.29, 1.82) is 0 Å². The van der Waals surface area contributed by atoms with Crippen molar-refractivity contribution in [3.63, 3.8) is 0 Å². The van der Waals surface area contributed by atoms with Crippen LogP contribution in [0.15, 0.2) is 69.7 Å². The highest BCUT2D eigenvalue weighted by molar-refractivity contribution is 8.13. The standard InChI is InChI=1S/C24H35N3S/c1-3-4-5-9-15-25-20-23-19-22(11-8-6-7-10-16-26-23)18-21-12-13-24(28-2)27-17-14-21/h6-8,10,12-14,19,25H,3-5,9,11,15-18,20H2,1-2H3/b8-6-,10-7-,22-19+,26-23?. The van der Waals surface area contributed by atoms with Crippen LogP contribution in [0, 0.1) is 0 Å². The summed E-state index contributed by atoms with van der Waals surface area (Å²) in [7, 11) is 0. The van der Waals surface area contributed by atoms with E-state index in [9.17, 15) is 0 Å². The molecule has 1 N–H and O–H groups in total. The Balaban J connectivity index is 1.99. The molecule has 0 fully saturated rings. The Morgan fingerprint density at radius 3 is 2.79 bits per heavy atom. The van der Waals surface area contributed by atoms with Gasteiger partial charge in [0, 0.05) is 12.3 Å². The van der Waals surface area contributed by atoms with Gasteiger partial charge in [0.05, 0.1) is 18.1 Å². The molecule has 2 aliphatic rings. The zero-order chi connectivity index (χ0) is 19.9. The van der Waals surface area contributed by atoms with Crippen molar-refractivity contribution in [2.24, 2.45) is 9.98 Å². The minimum Gasteiger partial charge on any atom is -0.311 e. The molecule has 0 saturated carbocycles. The van der Waals surface area contributed by atoms with Gasteiger partial charge < -0.3 is 5.32 Å². The number of unbranched alkanes of at least 4 members (excludes halogenated alkanes) is 3. The van der Waals surface area contributed by atoms with Gasteiger partial charge in [0.2, 0.25) is 0 Å². The Labute approximate surface area is 175 Å². The summed E-state index contributed by atoms with van der Waals surface area (Å²) in [6.45, 7) is 5.69. The second kappa shape index (κ2) is 14.4. The molecule has 0 aliphatic carbocycles. The van der Waals surface area contributed by atoms with Crippen molar-refractivity contribution in [2.75, 3.05) is 32.4 Å². The van der Waals surface area contributed by atoms with E-state index in [4.69, 9.17) is 4.99 Å². The van der Waals surface area contributed by atoms with Crippen LogP contribution in [0.5, 0.6) is 0 Å². The van der Waals surface area contributed by atoms with Crippen molar-refractivity contribution < 1.29 is 0 Å². The van der Waals surface area contributed by atoms with E-state index in [1.54, 1.807) is 11.8 Å². The van der Waals surface area contributed by atoms with E-state index >= 15 is 0 Å². The predicted molar refractivity (Wildman–Crippen MR) is 128 cm³/mol. The van der Waals surface area contributed by atoms with E-state index in [0.29, 0.717) is 0 Å². The van der Waals surface area contributed by atoms with E-state index in [1.165, 1.54) is 36.8 Å². The Morgan fingerprint density at radius 1 is 1.04 bits per heavy atom. The lowest BCUT2D eigenvalue weighted by atomic mass is 9.99. The quantitative estimate of drug-likeness (QED) is 0.508. The van der Waals surface area contributed by atoms with Crippen LogP contribution in [-0.4, -0.2) is 43.2 Å². The van der Waals surface area contributed by atoms with Crippen LogP contribution in [0.2, 0.25) is 0 Å². The summed E-state index contributed by atoms with van der Waals surface area (Å²) in [4.78, 5) is 9.37. The van der Waals surface area contributed by atoms with Gasteiger partial charge in [-0.3, -0.25) is 9.98 Å². The number of nitrogens with one attached hydrogen (secondary N) is 1. The molecule has 0 radical (unpaired) electrons. The van der Waals surface area contributed by atoms with E-state index in [2.05, 4.69) is 72.1 Å². The van der Waals surface area contributed by atoms with Crippen LogP contribution in [0.1, 0.15) is 45.4 Å². The van der Waals surface area contributed by atoms with Crippen molar-refractivity contribution in [3.05, 3.63) is 59.8 Å². The Bertz CT molecular complexity index is 678. The minimum absolute atomic E-state index is 0.745. The maximum Gasteiger partial charge on any atom is 0.0905 e. The fourth-order valence-corrected chi connectivity index (χ4v) is 3.56. The second-order valence-corrected chi connectivity index (χ2v) is 7.93. The molecule has 152 valence electrons. The van der Waals surface area contributed by atoms with Crippen LogP contribution in [0.4, 0.5) is 0 Å². The predicted octanol–water partition coefficient (Wildman–Crippen LogP) is 5.69. The van der Waals surface area contributed by atoms with E-state index in [0.717, 1.165) is 49.8 Å². The summed E-state index contributed by atoms with van der Waals surface area (Å²) < 4.78 is 0. The van der Waals surface area contributed by atoms with Crippen molar-refractivity contribution in [2.45, 2.75) is 45.4 Å². The fraction of sp³-hybridized carbons (Fsp3) is 0.500. The van der Waals surface area contributed by atoms with Crippen LogP contribution in [-0.2, 0) is 0 Å². The first-order valence-electron chi connectivity index (χ1n) is 10.5. The first-order valence-corrected chi connectivity index (χ1v) is 11.7. The molecule has 2 heterocycles. The third-order valence-electron chi connectivity index (χ3n) is 4.73. The highest BCUT2D eigenvalue weighted by atomic mass is 32.2. The van der Waals surface area contributed by atoms with Crippen molar-refractivity contribution in [1.82, 2.24) is 5.32 Å². The molecule has 0 amide bonds. The molecule has 4 heteroatoms. The van der Waals surface area contributed by atoms with Gasteiger partial charge in [0.15, 0.2) is 0 Å². The fourth-order valence-electron chi connectivity index (χ4n) is 3.15. The summed E-state index contributed by atoms with van der Waals surface area (Å²) in [5, 5.41) is 4.68. The maximum atomic E-state index is 4.80. The molecule has 2 aliphatic heterocycles. The van der Waals surface area contributed by atoms with E-state index in [-0.39, 0.29) is 0 Å². The lowest BCUT2D eigenvalue weighted by molar-refractivity contribution is 0.625. The number of rotatable bonds is 9. The first-order chi connectivity index (χ1) is 13.8. The summed E-state index contributed by atoms with van der Waals surface area (Å²) in [5.74, 6) is 0. The molecule has 28 heavy (non-hydrogen) atoms. The Kier molecular flexibility index (Phi) is 11.6. The highest BCUT2D eigenvalue weighted by Crippen LogP contribution is 2.19. The van der Waals surface area contributed by atoms with Gasteiger partial charge in [-0.15, -0.1) is 11.8 Å². The number of nitrogens with zero attached hydrogens (tertiary/aromatic N) is 2. The topological polar surface area (TPSA) is 36.8 Å². The third kappa shape index (κ3) is 9.52. The van der Waals surface area contributed by atoms with Crippen molar-refractivity contribution >= 4 is 22.5 Å². The second-order valence-electron chi connectivity index (χ2n) is 7.10. The summed E-state index contributed by atoms with van der Waals surface area (Å²) in [6.07, 6.45) is 26.7. The van der Waals surface area contributed by atoms with E-state index < -0.39 is 0 Å². The Morgan fingerprint density at radius 2 is 1.93 bits per heavy atom. The maximum absolute atomic E-state index is 4.80. The van der Waals surface area contributed by atoms with Gasteiger partial charge >= 0.3 is 0 Å². The molecule has 2 rings (SSSR count). The van der Waals surface area contributed by atoms with Gasteiger partial charge in [-0.1, -0.05) is 68.2 Å². The normalized spacial score (nSPS) is 21.6. The first kappa shape index (κ1) is 22.6. The van der Waals surface area contributed by atoms with Crippen molar-refractivity contribution in [3.8, 4) is 0 Å². The van der Waals surface area contributed by atoms with Gasteiger partial charge in [-0.05, 0) is 49.8 Å². The van der Waals surface area contributed by atoms with Gasteiger partial charge in [-0.25, -0.2) is 0 Å². The molecule has 0 aromatic heterocycles. The number of aliphatic imine (C=N–C) groups is 2. The smallest absolute Gasteiger partial charge is 0.0905 e. The van der Waals surface area contributed by atoms with Crippen LogP contribution < -0.4 is 5.32 Å². The molecular weight excluding hydrogens is 362 g/mol. The molecule has 0 aromatic carbocycles. The number of allylic oxidation sites excluding steroid dienone is 6. The Hall–Kier alpha value is -1.65. The van der Waals surface area contributed by atoms with Gasteiger partial charge in [-0.2, -0.15) is 0 Å². The molecule has 0 unspecified atom stereocenters. The number of thioether (sulfide) groups is 1. The van der Waals surface area contributed by atoms with Gasteiger partial charge in [0.25, 0.3) is 0 Å². The van der Waals surface area contributed by atoms with Crippen LogP contribution in [0.25, 0.3) is 0 Å². The summed E-state index contributed by atoms with van der Waals surface area (Å²) >= 11 is 1.70. The zero-order valence-electron chi connectivity index (χ0n) is 17.5. The summed E-state index contributed by atoms with van der Waals surface area (Å²) in [6, 6.07) is 0. The lowest BCUT2D eigenvalue weighted by Gasteiger charge is -2.10. The van der Waals surface area contributed by atoms with Crippen LogP contribution in [0.3, 0.4) is 0 Å². The molecular formula is C24H35N3S. The average molecular weight is 398 g/mol. The SMILES string of the molecule is CCCCCCNCC1=NC/C=C\C=C/C/C(CC2=CCN=C(SC)C=C2)=C\1. The molecule has 0 bridgehead atoms. The number of hydrogen-bond donors (Lipinski definition) is 1. The molecule has 0 spiro atoms. The molecule has 3 nitrogen and oxygen atoms in total. The summed E-state index contributed by atoms with van der Waals surface area (Å²) in [5.41, 5.74) is 3.90.